The van der Waals surface area contributed by atoms with Crippen LogP contribution in [0.2, 0.25) is 0 Å². The second-order valence-electron chi connectivity index (χ2n) is 7.76. The highest BCUT2D eigenvalue weighted by atomic mass is 16.4. The van der Waals surface area contributed by atoms with Crippen LogP contribution < -0.4 is 0 Å². The van der Waals surface area contributed by atoms with Gasteiger partial charge in [0.2, 0.25) is 0 Å². The smallest absolute Gasteiger partial charge is 0.326 e. The molecular weight excluding hydrogens is 358 g/mol. The summed E-state index contributed by atoms with van der Waals surface area (Å²) in [5, 5.41) is 15.4. The van der Waals surface area contributed by atoms with Gasteiger partial charge < -0.3 is 9.67 Å². The lowest BCUT2D eigenvalue weighted by atomic mass is 9.85. The summed E-state index contributed by atoms with van der Waals surface area (Å²) < 4.78 is 1.66. The van der Waals surface area contributed by atoms with Gasteiger partial charge in [0, 0.05) is 22.7 Å². The number of para-hydroxylation sites is 1. The van der Waals surface area contributed by atoms with Crippen LogP contribution in [0.5, 0.6) is 0 Å². The van der Waals surface area contributed by atoms with E-state index in [9.17, 15) is 19.5 Å². The van der Waals surface area contributed by atoms with Gasteiger partial charge in [-0.1, -0.05) is 30.4 Å². The van der Waals surface area contributed by atoms with Crippen molar-refractivity contribution in [1.29, 1.82) is 0 Å². The third kappa shape index (κ3) is 2.22. The molecule has 0 unspecified atom stereocenters. The molecule has 7 nitrogen and oxygen atoms in total. The number of aromatic nitrogens is 1. The molecule has 1 saturated heterocycles. The van der Waals surface area contributed by atoms with Gasteiger partial charge in [0.25, 0.3) is 11.8 Å². The van der Waals surface area contributed by atoms with Gasteiger partial charge in [-0.3, -0.25) is 9.59 Å². The number of carboxylic acids is 1. The average molecular weight is 377 g/mol. The van der Waals surface area contributed by atoms with Gasteiger partial charge in [0.1, 0.15) is 6.04 Å². The molecule has 2 aliphatic carbocycles. The number of carboxylic acid groups (broad SMARTS) is 1. The first-order chi connectivity index (χ1) is 13.5. The number of carbonyl (C=O) groups excluding carboxylic acids is 2. The summed E-state index contributed by atoms with van der Waals surface area (Å²) in [5.41, 5.74) is 1.43. The van der Waals surface area contributed by atoms with E-state index in [-0.39, 0.29) is 35.5 Å². The van der Waals surface area contributed by atoms with Gasteiger partial charge in [-0.15, -0.1) is 0 Å². The van der Waals surface area contributed by atoms with E-state index in [2.05, 4.69) is 5.10 Å². The number of hydrogen-bond acceptors (Lipinski definition) is 4. The molecule has 7 heteroatoms. The normalized spacial score (nSPS) is 29.4. The van der Waals surface area contributed by atoms with Crippen LogP contribution in [0.3, 0.4) is 0 Å². The fraction of sp³-hybridized carbons (Fsp3) is 0.333. The number of fused-ring (bicyclic) bond motifs is 6. The van der Waals surface area contributed by atoms with Crippen molar-refractivity contribution in [2.75, 3.05) is 0 Å². The van der Waals surface area contributed by atoms with Crippen LogP contribution >= 0.6 is 0 Å². The van der Waals surface area contributed by atoms with Crippen molar-refractivity contribution in [3.63, 3.8) is 0 Å². The van der Waals surface area contributed by atoms with E-state index < -0.39 is 12.0 Å². The second-order valence-corrected chi connectivity index (χ2v) is 7.76. The molecule has 0 radical (unpaired) electrons. The third-order valence-electron chi connectivity index (χ3n) is 6.31. The first-order valence-electron chi connectivity index (χ1n) is 9.40. The molecule has 2 aromatic rings. The fourth-order valence-electron chi connectivity index (χ4n) is 4.89. The standard InChI is InChI=1S/C21H19N3O4/c1-11(21(27)28)23-10-14(15-4-2-3-5-16(15)23)9-22-24-19(25)17-12-6-7-13(8-12)18(17)20(24)26/h2-7,9-13,17-18H,8H2,1H3,(H,27,28)/t11-,12+,13+,17-,18+/m1/s1. The topological polar surface area (TPSA) is 92.0 Å². The summed E-state index contributed by atoms with van der Waals surface area (Å²) in [5.74, 6) is -1.68. The van der Waals surface area contributed by atoms with Crippen molar-refractivity contribution >= 4 is 34.9 Å². The number of benzene rings is 1. The zero-order chi connectivity index (χ0) is 19.6. The minimum absolute atomic E-state index is 0.143. The highest BCUT2D eigenvalue weighted by molar-refractivity contribution is 6.07. The molecule has 2 fully saturated rings. The maximum Gasteiger partial charge on any atom is 0.326 e. The van der Waals surface area contributed by atoms with Gasteiger partial charge in [0.15, 0.2) is 0 Å². The number of nitrogens with zero attached hydrogens (tertiary/aromatic N) is 3. The van der Waals surface area contributed by atoms with Gasteiger partial charge in [-0.2, -0.15) is 10.1 Å². The number of hydrogen-bond donors (Lipinski definition) is 1. The molecule has 1 aliphatic heterocycles. The number of amides is 2. The minimum atomic E-state index is -0.940. The van der Waals surface area contributed by atoms with E-state index in [0.717, 1.165) is 22.3 Å². The van der Waals surface area contributed by atoms with E-state index in [1.165, 1.54) is 6.21 Å². The number of rotatable bonds is 4. The van der Waals surface area contributed by atoms with E-state index in [1.54, 1.807) is 17.7 Å². The summed E-state index contributed by atoms with van der Waals surface area (Å²) in [6.07, 6.45) is 8.16. The van der Waals surface area contributed by atoms with Crippen molar-refractivity contribution in [3.8, 4) is 0 Å². The Bertz CT molecular complexity index is 1050. The molecule has 28 heavy (non-hydrogen) atoms. The maximum atomic E-state index is 12.7. The van der Waals surface area contributed by atoms with E-state index in [4.69, 9.17) is 0 Å². The van der Waals surface area contributed by atoms with Gasteiger partial charge in [-0.25, -0.2) is 4.79 Å². The predicted octanol–water partition coefficient (Wildman–Crippen LogP) is 2.43. The second kappa shape index (κ2) is 5.89. The van der Waals surface area contributed by atoms with E-state index >= 15 is 0 Å². The number of hydrazone groups is 1. The highest BCUT2D eigenvalue weighted by Crippen LogP contribution is 2.52. The molecule has 142 valence electrons. The minimum Gasteiger partial charge on any atom is -0.480 e. The Morgan fingerprint density at radius 3 is 2.46 bits per heavy atom. The molecule has 0 spiro atoms. The number of aliphatic carboxylic acids is 1. The SMILES string of the molecule is C[C@H](C(=O)O)n1cc(C=NN2C(=O)[C@@H]3[C@H](C2=O)[C@H]2C=C[C@H]3C2)c2ccccc21. The summed E-state index contributed by atoms with van der Waals surface area (Å²) in [7, 11) is 0. The Morgan fingerprint density at radius 2 is 1.82 bits per heavy atom. The molecule has 2 heterocycles. The lowest BCUT2D eigenvalue weighted by Crippen LogP contribution is -2.28. The highest BCUT2D eigenvalue weighted by Gasteiger charge is 2.59. The van der Waals surface area contributed by atoms with Crippen molar-refractivity contribution < 1.29 is 19.5 Å². The van der Waals surface area contributed by atoms with Gasteiger partial charge >= 0.3 is 5.97 Å². The number of carbonyl (C=O) groups is 3. The van der Waals surface area contributed by atoms with Gasteiger partial charge in [-0.05, 0) is 31.2 Å². The zero-order valence-electron chi connectivity index (χ0n) is 15.2. The van der Waals surface area contributed by atoms with Crippen LogP contribution in [0.15, 0.2) is 47.7 Å². The van der Waals surface area contributed by atoms with Crippen LogP contribution in [0, 0.1) is 23.7 Å². The molecule has 5 atom stereocenters. The number of allylic oxidation sites excluding steroid dienone is 2. The van der Waals surface area contributed by atoms with Crippen molar-refractivity contribution in [2.45, 2.75) is 19.4 Å². The van der Waals surface area contributed by atoms with Crippen molar-refractivity contribution in [1.82, 2.24) is 9.58 Å². The molecule has 1 saturated carbocycles. The van der Waals surface area contributed by atoms with Gasteiger partial charge in [0.05, 0.1) is 18.1 Å². The Labute approximate surface area is 160 Å². The molecule has 1 N–H and O–H groups in total. The molecule has 1 aromatic heterocycles. The Balaban J connectivity index is 1.49. The number of imide groups is 1. The molecule has 2 amide bonds. The van der Waals surface area contributed by atoms with Crippen molar-refractivity contribution in [3.05, 3.63) is 48.2 Å². The summed E-state index contributed by atoms with van der Waals surface area (Å²) in [6.45, 7) is 1.60. The van der Waals surface area contributed by atoms with Crippen molar-refractivity contribution in [2.24, 2.45) is 28.8 Å². The summed E-state index contributed by atoms with van der Waals surface area (Å²) >= 11 is 0. The summed E-state index contributed by atoms with van der Waals surface area (Å²) in [4.78, 5) is 36.9. The van der Waals surface area contributed by atoms with Crippen LogP contribution in [0.4, 0.5) is 0 Å². The van der Waals surface area contributed by atoms with E-state index in [0.29, 0.717) is 5.56 Å². The maximum absolute atomic E-state index is 12.7. The Hall–Kier alpha value is -3.22. The largest absolute Gasteiger partial charge is 0.480 e. The molecule has 3 aliphatic rings. The fourth-order valence-corrected chi connectivity index (χ4v) is 4.89. The van der Waals surface area contributed by atoms with Crippen LogP contribution in [0.1, 0.15) is 24.9 Å². The Morgan fingerprint density at radius 1 is 1.18 bits per heavy atom. The predicted molar refractivity (Wildman–Crippen MR) is 101 cm³/mol. The first-order valence-corrected chi connectivity index (χ1v) is 9.40. The summed E-state index contributed by atoms with van der Waals surface area (Å²) in [6, 6.07) is 6.66. The van der Waals surface area contributed by atoms with Crippen LogP contribution in [-0.4, -0.2) is 38.7 Å². The zero-order valence-corrected chi connectivity index (χ0v) is 15.2. The average Bonchev–Trinajstić information content (AvgIpc) is 3.43. The van der Waals surface area contributed by atoms with Crippen LogP contribution in [0.25, 0.3) is 10.9 Å². The molecular formula is C21H19N3O4. The third-order valence-corrected chi connectivity index (χ3v) is 6.31. The first kappa shape index (κ1) is 16.9. The molecule has 1 aromatic carbocycles. The lowest BCUT2D eigenvalue weighted by molar-refractivity contribution is -0.141. The lowest BCUT2D eigenvalue weighted by Gasteiger charge is -2.13. The Kier molecular flexibility index (Phi) is 3.56. The van der Waals surface area contributed by atoms with E-state index in [1.807, 2.05) is 36.4 Å². The quantitative estimate of drug-likeness (QED) is 0.503. The molecule has 5 rings (SSSR count). The monoisotopic (exact) mass is 377 g/mol. The van der Waals surface area contributed by atoms with Crippen LogP contribution in [-0.2, 0) is 14.4 Å². The molecule has 2 bridgehead atoms.